The van der Waals surface area contributed by atoms with Crippen molar-refractivity contribution in [1.29, 1.82) is 0 Å². The molecule has 0 spiro atoms. The van der Waals surface area contributed by atoms with E-state index in [1.54, 1.807) is 7.11 Å². The van der Waals surface area contributed by atoms with E-state index in [1.165, 1.54) is 12.1 Å². The highest BCUT2D eigenvalue weighted by atomic mass is 35.5. The summed E-state index contributed by atoms with van der Waals surface area (Å²) in [7, 11) is 1.58. The first-order valence-electron chi connectivity index (χ1n) is 4.82. The lowest BCUT2D eigenvalue weighted by Gasteiger charge is -2.10. The van der Waals surface area contributed by atoms with Crippen LogP contribution >= 0.6 is 23.2 Å². The molecule has 1 aromatic rings. The number of rotatable bonds is 7. The number of methoxy groups -OCH3 is 1. The maximum atomic E-state index is 10.6. The molecule has 0 bridgehead atoms. The summed E-state index contributed by atoms with van der Waals surface area (Å²) in [5.74, 6) is 0.302. The van der Waals surface area contributed by atoms with E-state index in [2.05, 4.69) is 0 Å². The predicted molar refractivity (Wildman–Crippen MR) is 65.2 cm³/mol. The summed E-state index contributed by atoms with van der Waals surface area (Å²) < 4.78 is 15.2. The first kappa shape index (κ1) is 14.3. The Morgan fingerprint density at radius 1 is 1.24 bits per heavy atom. The van der Waals surface area contributed by atoms with Crippen LogP contribution in [0.25, 0.3) is 0 Å². The van der Waals surface area contributed by atoms with Crippen LogP contribution in [0.15, 0.2) is 12.1 Å². The zero-order chi connectivity index (χ0) is 12.7. The Morgan fingerprint density at radius 3 is 2.41 bits per heavy atom. The third-order valence-electron chi connectivity index (χ3n) is 1.88. The Labute approximate surface area is 109 Å². The highest BCUT2D eigenvalue weighted by Gasteiger charge is 2.09. The molecule has 1 aromatic carbocycles. The normalized spacial score (nSPS) is 10.3. The van der Waals surface area contributed by atoms with Crippen LogP contribution in [0.5, 0.6) is 5.75 Å². The van der Waals surface area contributed by atoms with Gasteiger partial charge in [-0.2, -0.15) is 0 Å². The van der Waals surface area contributed by atoms with Gasteiger partial charge in [0.05, 0.1) is 23.3 Å². The molecule has 0 saturated heterocycles. The van der Waals surface area contributed by atoms with Gasteiger partial charge in [0.2, 0.25) is 0 Å². The van der Waals surface area contributed by atoms with Gasteiger partial charge in [-0.05, 0) is 12.1 Å². The molecule has 6 heteroatoms. The molecular weight excluding hydrogens is 267 g/mol. The second-order valence-corrected chi connectivity index (χ2v) is 3.91. The van der Waals surface area contributed by atoms with Crippen LogP contribution in [0, 0.1) is 0 Å². The number of halogens is 2. The molecule has 0 aliphatic heterocycles. The minimum atomic E-state index is 0.0171. The first-order valence-corrected chi connectivity index (χ1v) is 5.58. The van der Waals surface area contributed by atoms with Gasteiger partial charge < -0.3 is 14.2 Å². The summed E-state index contributed by atoms with van der Waals surface area (Å²) in [6, 6.07) is 2.95. The van der Waals surface area contributed by atoms with Gasteiger partial charge in [0.1, 0.15) is 6.29 Å². The molecule has 0 N–H and O–H groups in total. The van der Waals surface area contributed by atoms with E-state index in [9.17, 15) is 4.79 Å². The molecule has 0 radical (unpaired) electrons. The molecule has 94 valence electrons. The molecule has 0 aliphatic carbocycles. The molecule has 0 amide bonds. The van der Waals surface area contributed by atoms with Crippen molar-refractivity contribution in [2.45, 2.75) is 0 Å². The second kappa shape index (κ2) is 7.50. The maximum Gasteiger partial charge on any atom is 0.189 e. The Balaban J connectivity index is 2.56. The lowest BCUT2D eigenvalue weighted by Crippen LogP contribution is -2.08. The fourth-order valence-corrected chi connectivity index (χ4v) is 1.70. The molecule has 0 saturated carbocycles. The summed E-state index contributed by atoms with van der Waals surface area (Å²) in [6.07, 6.45) is 0.663. The van der Waals surface area contributed by atoms with E-state index < -0.39 is 0 Å². The number of ether oxygens (including phenoxy) is 3. The fourth-order valence-electron chi connectivity index (χ4n) is 1.09. The average Bonchev–Trinajstić information content (AvgIpc) is 2.31. The highest BCUT2D eigenvalue weighted by Crippen LogP contribution is 2.33. The SMILES string of the molecule is COCCOCOc1c(Cl)cc(C=O)cc1Cl. The Bertz CT molecular complexity index is 359. The van der Waals surface area contributed by atoms with E-state index in [0.29, 0.717) is 30.8 Å². The van der Waals surface area contributed by atoms with Crippen molar-refractivity contribution in [3.05, 3.63) is 27.7 Å². The molecule has 0 aromatic heterocycles. The van der Waals surface area contributed by atoms with Crippen molar-refractivity contribution >= 4 is 29.5 Å². The van der Waals surface area contributed by atoms with E-state index in [-0.39, 0.29) is 16.8 Å². The van der Waals surface area contributed by atoms with Gasteiger partial charge in [-0.15, -0.1) is 0 Å². The van der Waals surface area contributed by atoms with Crippen LogP contribution in [0.3, 0.4) is 0 Å². The monoisotopic (exact) mass is 278 g/mol. The Kier molecular flexibility index (Phi) is 6.29. The van der Waals surface area contributed by atoms with Gasteiger partial charge in [-0.25, -0.2) is 0 Å². The van der Waals surface area contributed by atoms with Gasteiger partial charge in [0, 0.05) is 12.7 Å². The molecule has 0 unspecified atom stereocenters. The van der Waals surface area contributed by atoms with Gasteiger partial charge in [0.15, 0.2) is 12.5 Å². The number of aldehydes is 1. The average molecular weight is 279 g/mol. The number of carbonyl (C=O) groups excluding carboxylic acids is 1. The standard InChI is InChI=1S/C11H12Cl2O4/c1-15-2-3-16-7-17-11-9(12)4-8(6-14)5-10(11)13/h4-6H,2-3,7H2,1H3. The van der Waals surface area contributed by atoms with Crippen molar-refractivity contribution in [3.8, 4) is 5.75 Å². The summed E-state index contributed by atoms with van der Waals surface area (Å²) in [5.41, 5.74) is 0.396. The quantitative estimate of drug-likeness (QED) is 0.437. The lowest BCUT2D eigenvalue weighted by atomic mass is 10.2. The van der Waals surface area contributed by atoms with Gasteiger partial charge in [-0.3, -0.25) is 4.79 Å². The zero-order valence-corrected chi connectivity index (χ0v) is 10.8. The van der Waals surface area contributed by atoms with Crippen molar-refractivity contribution in [1.82, 2.24) is 0 Å². The number of carbonyl (C=O) groups is 1. The molecular formula is C11H12Cl2O4. The minimum Gasteiger partial charge on any atom is -0.464 e. The molecule has 0 aliphatic rings. The topological polar surface area (TPSA) is 44.8 Å². The molecule has 0 fully saturated rings. The third kappa shape index (κ3) is 4.52. The third-order valence-corrected chi connectivity index (χ3v) is 2.44. The molecule has 17 heavy (non-hydrogen) atoms. The minimum absolute atomic E-state index is 0.0171. The summed E-state index contributed by atoms with van der Waals surface area (Å²) in [4.78, 5) is 10.6. The maximum absolute atomic E-state index is 10.6. The lowest BCUT2D eigenvalue weighted by molar-refractivity contribution is -0.00838. The molecule has 0 heterocycles. The van der Waals surface area contributed by atoms with Crippen LogP contribution in [-0.2, 0) is 9.47 Å². The van der Waals surface area contributed by atoms with Crippen LogP contribution in [-0.4, -0.2) is 33.4 Å². The number of benzene rings is 1. The van der Waals surface area contributed by atoms with Crippen LogP contribution < -0.4 is 4.74 Å². The zero-order valence-electron chi connectivity index (χ0n) is 9.24. The smallest absolute Gasteiger partial charge is 0.189 e. The second-order valence-electron chi connectivity index (χ2n) is 3.09. The highest BCUT2D eigenvalue weighted by molar-refractivity contribution is 6.37. The molecule has 1 rings (SSSR count). The van der Waals surface area contributed by atoms with Gasteiger partial charge >= 0.3 is 0 Å². The predicted octanol–water partition coefficient (Wildman–Crippen LogP) is 2.81. The fraction of sp³-hybridized carbons (Fsp3) is 0.364. The van der Waals surface area contributed by atoms with Crippen molar-refractivity contribution in [2.75, 3.05) is 27.1 Å². The van der Waals surface area contributed by atoms with Crippen molar-refractivity contribution in [2.24, 2.45) is 0 Å². The Hall–Kier alpha value is -0.810. The molecule has 4 nitrogen and oxygen atoms in total. The Morgan fingerprint density at radius 2 is 1.88 bits per heavy atom. The van der Waals surface area contributed by atoms with Crippen LogP contribution in [0.4, 0.5) is 0 Å². The summed E-state index contributed by atoms with van der Waals surface area (Å²) >= 11 is 11.8. The van der Waals surface area contributed by atoms with E-state index in [1.807, 2.05) is 0 Å². The van der Waals surface area contributed by atoms with Gasteiger partial charge in [0.25, 0.3) is 0 Å². The first-order chi connectivity index (χ1) is 8.19. The van der Waals surface area contributed by atoms with E-state index in [4.69, 9.17) is 37.4 Å². The summed E-state index contributed by atoms with van der Waals surface area (Å²) in [5, 5.41) is 0.546. The van der Waals surface area contributed by atoms with E-state index >= 15 is 0 Å². The summed E-state index contributed by atoms with van der Waals surface area (Å²) in [6.45, 7) is 0.913. The van der Waals surface area contributed by atoms with E-state index in [0.717, 1.165) is 0 Å². The van der Waals surface area contributed by atoms with Crippen LogP contribution in [0.1, 0.15) is 10.4 Å². The molecule has 0 atom stereocenters. The van der Waals surface area contributed by atoms with Gasteiger partial charge in [-0.1, -0.05) is 23.2 Å². The number of hydrogen-bond donors (Lipinski definition) is 0. The largest absolute Gasteiger partial charge is 0.464 e. The number of hydrogen-bond acceptors (Lipinski definition) is 4. The van der Waals surface area contributed by atoms with Crippen molar-refractivity contribution in [3.63, 3.8) is 0 Å². The van der Waals surface area contributed by atoms with Crippen molar-refractivity contribution < 1.29 is 19.0 Å². The van der Waals surface area contributed by atoms with Crippen LogP contribution in [0.2, 0.25) is 10.0 Å².